The summed E-state index contributed by atoms with van der Waals surface area (Å²) < 4.78 is 5.20. The van der Waals surface area contributed by atoms with Crippen molar-refractivity contribution in [1.29, 1.82) is 0 Å². The van der Waals surface area contributed by atoms with Crippen LogP contribution in [0.25, 0.3) is 0 Å². The van der Waals surface area contributed by atoms with Gasteiger partial charge in [-0.2, -0.15) is 0 Å². The molecule has 1 aromatic carbocycles. The van der Waals surface area contributed by atoms with Crippen LogP contribution in [0.5, 0.6) is 5.75 Å². The lowest BCUT2D eigenvalue weighted by Gasteiger charge is -2.37. The number of benzene rings is 1. The van der Waals surface area contributed by atoms with Gasteiger partial charge in [0.15, 0.2) is 0 Å². The van der Waals surface area contributed by atoms with Gasteiger partial charge < -0.3 is 10.1 Å². The van der Waals surface area contributed by atoms with E-state index in [2.05, 4.69) is 39.4 Å². The van der Waals surface area contributed by atoms with Crippen LogP contribution in [0.1, 0.15) is 12.0 Å². The maximum absolute atomic E-state index is 5.20. The fourth-order valence-corrected chi connectivity index (χ4v) is 3.23. The minimum Gasteiger partial charge on any atom is -0.497 e. The molecule has 2 aliphatic heterocycles. The largest absolute Gasteiger partial charge is 0.497 e. The van der Waals surface area contributed by atoms with Crippen molar-refractivity contribution in [3.63, 3.8) is 0 Å². The first-order valence-electron chi connectivity index (χ1n) is 7.65. The zero-order chi connectivity index (χ0) is 13.8. The van der Waals surface area contributed by atoms with Crippen LogP contribution in [0.2, 0.25) is 0 Å². The summed E-state index contributed by atoms with van der Waals surface area (Å²) in [4.78, 5) is 5.21. The quantitative estimate of drug-likeness (QED) is 0.914. The molecule has 2 saturated heterocycles. The first kappa shape index (κ1) is 16.6. The fourth-order valence-electron chi connectivity index (χ4n) is 3.23. The molecule has 2 aliphatic rings. The van der Waals surface area contributed by atoms with E-state index in [9.17, 15) is 0 Å². The van der Waals surface area contributed by atoms with Crippen molar-refractivity contribution in [2.75, 3.05) is 46.4 Å². The summed E-state index contributed by atoms with van der Waals surface area (Å²) in [5, 5.41) is 3.46. The van der Waals surface area contributed by atoms with Crippen LogP contribution in [0, 0.1) is 0 Å². The summed E-state index contributed by atoms with van der Waals surface area (Å²) in [7, 11) is 1.71. The molecule has 3 rings (SSSR count). The molecule has 0 saturated carbocycles. The van der Waals surface area contributed by atoms with Crippen molar-refractivity contribution in [2.45, 2.75) is 19.0 Å². The van der Waals surface area contributed by atoms with Crippen LogP contribution < -0.4 is 10.1 Å². The van der Waals surface area contributed by atoms with Crippen molar-refractivity contribution in [2.24, 2.45) is 0 Å². The van der Waals surface area contributed by atoms with Gasteiger partial charge in [0.1, 0.15) is 5.75 Å². The third-order valence-corrected chi connectivity index (χ3v) is 4.52. The molecular formula is C16H26ClN3O. The second kappa shape index (κ2) is 7.99. The van der Waals surface area contributed by atoms with E-state index in [1.54, 1.807) is 7.11 Å². The molecule has 21 heavy (non-hydrogen) atoms. The maximum Gasteiger partial charge on any atom is 0.118 e. The van der Waals surface area contributed by atoms with Crippen LogP contribution in [0.15, 0.2) is 24.3 Å². The van der Waals surface area contributed by atoms with Crippen LogP contribution in [-0.4, -0.2) is 62.2 Å². The number of nitrogens with one attached hydrogen (secondary N) is 1. The normalized spacial score (nSPS) is 23.8. The van der Waals surface area contributed by atoms with E-state index < -0.39 is 0 Å². The first-order chi connectivity index (χ1) is 9.85. The molecule has 2 fully saturated rings. The predicted molar refractivity (Wildman–Crippen MR) is 88.4 cm³/mol. The average molecular weight is 312 g/mol. The minimum absolute atomic E-state index is 0. The van der Waals surface area contributed by atoms with Gasteiger partial charge in [0.25, 0.3) is 0 Å². The highest BCUT2D eigenvalue weighted by Crippen LogP contribution is 2.16. The molecule has 0 aliphatic carbocycles. The van der Waals surface area contributed by atoms with E-state index in [0.717, 1.165) is 18.3 Å². The van der Waals surface area contributed by atoms with Gasteiger partial charge >= 0.3 is 0 Å². The topological polar surface area (TPSA) is 27.7 Å². The summed E-state index contributed by atoms with van der Waals surface area (Å²) in [6, 6.07) is 9.22. The maximum atomic E-state index is 5.20. The number of nitrogens with zero attached hydrogens (tertiary/aromatic N) is 2. The van der Waals surface area contributed by atoms with Crippen molar-refractivity contribution >= 4 is 12.4 Å². The Hall–Kier alpha value is -0.810. The van der Waals surface area contributed by atoms with E-state index in [4.69, 9.17) is 4.74 Å². The van der Waals surface area contributed by atoms with Crippen molar-refractivity contribution < 1.29 is 4.74 Å². The number of methoxy groups -OCH3 is 1. The molecular weight excluding hydrogens is 286 g/mol. The van der Waals surface area contributed by atoms with Gasteiger partial charge in [-0.3, -0.25) is 9.80 Å². The fraction of sp³-hybridized carbons (Fsp3) is 0.625. The number of hydrogen-bond acceptors (Lipinski definition) is 4. The van der Waals surface area contributed by atoms with Crippen molar-refractivity contribution in [3.8, 4) is 5.75 Å². The van der Waals surface area contributed by atoms with E-state index in [1.165, 1.54) is 51.3 Å². The van der Waals surface area contributed by atoms with Crippen LogP contribution in [0.3, 0.4) is 0 Å². The molecule has 2 heterocycles. The smallest absolute Gasteiger partial charge is 0.118 e. The van der Waals surface area contributed by atoms with Gasteiger partial charge in [-0.1, -0.05) is 12.1 Å². The third kappa shape index (κ3) is 4.33. The van der Waals surface area contributed by atoms with Gasteiger partial charge in [0.05, 0.1) is 7.11 Å². The number of halogens is 1. The highest BCUT2D eigenvalue weighted by Gasteiger charge is 2.25. The Bertz CT molecular complexity index is 412. The van der Waals surface area contributed by atoms with E-state index in [1.807, 2.05) is 0 Å². The molecule has 5 heteroatoms. The summed E-state index contributed by atoms with van der Waals surface area (Å²) in [5.74, 6) is 0.937. The van der Waals surface area contributed by atoms with Crippen LogP contribution >= 0.6 is 12.4 Å². The molecule has 0 amide bonds. The Labute approximate surface area is 133 Å². The zero-order valence-corrected chi connectivity index (χ0v) is 13.6. The first-order valence-corrected chi connectivity index (χ1v) is 7.65. The Kier molecular flexibility index (Phi) is 6.30. The Morgan fingerprint density at radius 2 is 1.86 bits per heavy atom. The molecule has 1 N–H and O–H groups in total. The standard InChI is InChI=1S/C16H25N3O.ClH/c1-20-16-4-2-14(3-5-16)13-18-8-10-19(11-9-18)15-6-7-17-12-15;/h2-5,15,17H,6-13H2,1H3;1H. The third-order valence-electron chi connectivity index (χ3n) is 4.52. The predicted octanol–water partition coefficient (Wildman–Crippen LogP) is 1.60. The molecule has 118 valence electrons. The average Bonchev–Trinajstić information content (AvgIpc) is 3.03. The van der Waals surface area contributed by atoms with Gasteiger partial charge in [0, 0.05) is 45.3 Å². The molecule has 1 atom stereocenters. The van der Waals surface area contributed by atoms with Gasteiger partial charge in [-0.15, -0.1) is 12.4 Å². The lowest BCUT2D eigenvalue weighted by atomic mass is 10.1. The highest BCUT2D eigenvalue weighted by molar-refractivity contribution is 5.85. The van der Waals surface area contributed by atoms with E-state index in [-0.39, 0.29) is 12.4 Å². The van der Waals surface area contributed by atoms with Crippen molar-refractivity contribution in [3.05, 3.63) is 29.8 Å². The zero-order valence-electron chi connectivity index (χ0n) is 12.8. The van der Waals surface area contributed by atoms with Gasteiger partial charge in [0.2, 0.25) is 0 Å². The minimum atomic E-state index is 0. The lowest BCUT2D eigenvalue weighted by Crippen LogP contribution is -2.50. The summed E-state index contributed by atoms with van der Waals surface area (Å²) >= 11 is 0. The summed E-state index contributed by atoms with van der Waals surface area (Å²) in [6.45, 7) is 8.21. The number of rotatable bonds is 4. The van der Waals surface area contributed by atoms with Crippen LogP contribution in [-0.2, 0) is 6.54 Å². The van der Waals surface area contributed by atoms with E-state index >= 15 is 0 Å². The Morgan fingerprint density at radius 1 is 1.14 bits per heavy atom. The van der Waals surface area contributed by atoms with Crippen LogP contribution in [0.4, 0.5) is 0 Å². The highest BCUT2D eigenvalue weighted by atomic mass is 35.5. The summed E-state index contributed by atoms with van der Waals surface area (Å²) in [5.41, 5.74) is 1.38. The molecule has 0 aromatic heterocycles. The molecule has 0 bridgehead atoms. The van der Waals surface area contributed by atoms with Crippen molar-refractivity contribution in [1.82, 2.24) is 15.1 Å². The Balaban J connectivity index is 0.00000161. The second-order valence-corrected chi connectivity index (χ2v) is 5.81. The van der Waals surface area contributed by atoms with Gasteiger partial charge in [-0.25, -0.2) is 0 Å². The lowest BCUT2D eigenvalue weighted by molar-refractivity contribution is 0.0981. The monoisotopic (exact) mass is 311 g/mol. The molecule has 4 nitrogen and oxygen atoms in total. The second-order valence-electron chi connectivity index (χ2n) is 5.81. The molecule has 0 radical (unpaired) electrons. The number of piperazine rings is 1. The number of hydrogen-bond donors (Lipinski definition) is 1. The summed E-state index contributed by atoms with van der Waals surface area (Å²) in [6.07, 6.45) is 1.32. The Morgan fingerprint density at radius 3 is 2.43 bits per heavy atom. The van der Waals surface area contributed by atoms with Gasteiger partial charge in [-0.05, 0) is 30.7 Å². The molecule has 0 spiro atoms. The molecule has 1 aromatic rings. The van der Waals surface area contributed by atoms with E-state index in [0.29, 0.717) is 0 Å². The SMILES string of the molecule is COc1ccc(CN2CCN(C3CCNC3)CC2)cc1.Cl. The molecule has 1 unspecified atom stereocenters. The number of ether oxygens (including phenoxy) is 1.